The van der Waals surface area contributed by atoms with Crippen LogP contribution in [0.15, 0.2) is 36.4 Å². The smallest absolute Gasteiger partial charge is 0.311 e. The lowest BCUT2D eigenvalue weighted by Crippen LogP contribution is -2.58. The Morgan fingerprint density at radius 3 is 2.43 bits per heavy atom. The van der Waals surface area contributed by atoms with Gasteiger partial charge in [-0.3, -0.25) is 10.1 Å². The van der Waals surface area contributed by atoms with Gasteiger partial charge in [0.25, 0.3) is 0 Å². The highest BCUT2D eigenvalue weighted by Gasteiger charge is 2.60. The number of likely N-dealkylation sites (N-methyl/N-ethyl adjacent to an activating group) is 1. The Balaban J connectivity index is 1.97. The van der Waals surface area contributed by atoms with Crippen LogP contribution in [-0.2, 0) is 5.41 Å². The molecule has 0 bridgehead atoms. The van der Waals surface area contributed by atoms with Crippen LogP contribution in [0.4, 0.5) is 11.4 Å². The monoisotopic (exact) mass is 382 g/mol. The first kappa shape index (κ1) is 18.2. The number of para-hydroxylation sites is 1. The van der Waals surface area contributed by atoms with Gasteiger partial charge in [-0.05, 0) is 38.1 Å². The lowest BCUT2D eigenvalue weighted by atomic mass is 9.76. The Kier molecular flexibility index (Phi) is 3.82. The molecule has 1 unspecified atom stereocenters. The zero-order valence-electron chi connectivity index (χ0n) is 16.5. The second-order valence-electron chi connectivity index (χ2n) is 7.46. The van der Waals surface area contributed by atoms with Crippen molar-refractivity contribution in [1.82, 2.24) is 0 Å². The van der Waals surface area contributed by atoms with E-state index in [2.05, 4.69) is 0 Å². The van der Waals surface area contributed by atoms with E-state index in [0.29, 0.717) is 11.3 Å². The van der Waals surface area contributed by atoms with Crippen molar-refractivity contribution in [3.05, 3.63) is 57.6 Å². The van der Waals surface area contributed by atoms with E-state index in [9.17, 15) is 10.1 Å². The largest absolute Gasteiger partial charge is 0.496 e. The Labute approximate surface area is 163 Å². The molecule has 2 aliphatic rings. The molecular weight excluding hydrogens is 360 g/mol. The topological polar surface area (TPSA) is 74.1 Å². The van der Waals surface area contributed by atoms with Crippen molar-refractivity contribution in [2.24, 2.45) is 0 Å². The normalized spacial score (nSPS) is 21.1. The second-order valence-corrected chi connectivity index (χ2v) is 7.46. The Morgan fingerprint density at radius 1 is 1.11 bits per heavy atom. The maximum Gasteiger partial charge on any atom is 0.311 e. The minimum Gasteiger partial charge on any atom is -0.496 e. The quantitative estimate of drug-likeness (QED) is 0.587. The minimum atomic E-state index is -0.976. The van der Waals surface area contributed by atoms with Crippen molar-refractivity contribution in [1.29, 1.82) is 0 Å². The number of nitrogens with zero attached hydrogens (tertiary/aromatic N) is 2. The summed E-state index contributed by atoms with van der Waals surface area (Å²) >= 11 is 0. The molecule has 2 aromatic carbocycles. The fraction of sp³-hybridized carbons (Fsp3) is 0.333. The van der Waals surface area contributed by atoms with Crippen LogP contribution in [0.1, 0.15) is 25.0 Å². The lowest BCUT2D eigenvalue weighted by molar-refractivity contribution is -0.386. The lowest BCUT2D eigenvalue weighted by Gasteiger charge is -2.45. The number of nitro groups is 1. The van der Waals surface area contributed by atoms with Gasteiger partial charge < -0.3 is 19.1 Å². The van der Waals surface area contributed by atoms with Crippen molar-refractivity contribution in [2.75, 3.05) is 26.2 Å². The van der Waals surface area contributed by atoms with Crippen LogP contribution in [0.2, 0.25) is 0 Å². The summed E-state index contributed by atoms with van der Waals surface area (Å²) in [6, 6.07) is 8.65. The highest BCUT2D eigenvalue weighted by Crippen LogP contribution is 2.60. The molecule has 7 heteroatoms. The molecule has 146 valence electrons. The van der Waals surface area contributed by atoms with Crippen LogP contribution in [0.25, 0.3) is 6.08 Å². The van der Waals surface area contributed by atoms with Crippen LogP contribution in [0, 0.1) is 10.1 Å². The third kappa shape index (κ3) is 2.10. The molecule has 0 radical (unpaired) electrons. The molecule has 0 N–H and O–H groups in total. The molecule has 0 amide bonds. The standard InChI is InChI=1S/C21H22N2O5/c1-20(2)17-15(26-4)9-10-16(27-5)18(17)22(3)21(20)12-11-13-7-6-8-14(23(24)25)19(13)28-21/h6-12H,1-5H3. The number of rotatable bonds is 3. The van der Waals surface area contributed by atoms with Crippen molar-refractivity contribution >= 4 is 17.5 Å². The first-order chi connectivity index (χ1) is 13.3. The summed E-state index contributed by atoms with van der Waals surface area (Å²) in [7, 11) is 5.14. The maximum absolute atomic E-state index is 11.6. The summed E-state index contributed by atoms with van der Waals surface area (Å²) in [6.45, 7) is 4.09. The van der Waals surface area contributed by atoms with E-state index >= 15 is 0 Å². The van der Waals surface area contributed by atoms with Crippen molar-refractivity contribution in [3.63, 3.8) is 0 Å². The summed E-state index contributed by atoms with van der Waals surface area (Å²) in [5.41, 5.74) is 0.840. The molecule has 2 aliphatic heterocycles. The van der Waals surface area contributed by atoms with E-state index in [-0.39, 0.29) is 11.4 Å². The first-order valence-corrected chi connectivity index (χ1v) is 8.93. The van der Waals surface area contributed by atoms with Crippen LogP contribution in [-0.4, -0.2) is 31.9 Å². The third-order valence-electron chi connectivity index (χ3n) is 5.86. The molecule has 4 rings (SSSR count). The van der Waals surface area contributed by atoms with Gasteiger partial charge in [-0.2, -0.15) is 0 Å². The van der Waals surface area contributed by atoms with Gasteiger partial charge in [0, 0.05) is 24.2 Å². The number of benzene rings is 2. The molecule has 2 heterocycles. The predicted molar refractivity (Wildman–Crippen MR) is 106 cm³/mol. The maximum atomic E-state index is 11.6. The van der Waals surface area contributed by atoms with Gasteiger partial charge in [0.1, 0.15) is 11.5 Å². The van der Waals surface area contributed by atoms with E-state index in [1.165, 1.54) is 6.07 Å². The number of anilines is 1. The number of fused-ring (bicyclic) bond motifs is 2. The molecule has 7 nitrogen and oxygen atoms in total. The number of methoxy groups -OCH3 is 2. The Bertz CT molecular complexity index is 1010. The summed E-state index contributed by atoms with van der Waals surface area (Å²) in [5, 5.41) is 11.6. The predicted octanol–water partition coefficient (Wildman–Crippen LogP) is 4.14. The molecule has 0 fully saturated rings. The summed E-state index contributed by atoms with van der Waals surface area (Å²) in [4.78, 5) is 13.1. The molecule has 1 spiro atoms. The van der Waals surface area contributed by atoms with E-state index < -0.39 is 16.1 Å². The molecular formula is C21H22N2O5. The third-order valence-corrected chi connectivity index (χ3v) is 5.86. The summed E-state index contributed by atoms with van der Waals surface area (Å²) < 4.78 is 17.7. The number of hydrogen-bond acceptors (Lipinski definition) is 6. The molecule has 0 aromatic heterocycles. The highest BCUT2D eigenvalue weighted by atomic mass is 16.6. The zero-order chi connectivity index (χ0) is 20.3. The van der Waals surface area contributed by atoms with Gasteiger partial charge in [0.2, 0.25) is 11.5 Å². The van der Waals surface area contributed by atoms with Gasteiger partial charge >= 0.3 is 5.69 Å². The molecule has 28 heavy (non-hydrogen) atoms. The van der Waals surface area contributed by atoms with Crippen LogP contribution in [0.5, 0.6) is 17.2 Å². The van der Waals surface area contributed by atoms with E-state index in [4.69, 9.17) is 14.2 Å². The van der Waals surface area contributed by atoms with E-state index in [0.717, 1.165) is 17.0 Å². The SMILES string of the molecule is COc1ccc(OC)c2c1N(C)C1(C=Cc3cccc([N+](=O)[O-])c3O1)C2(C)C. The average Bonchev–Trinajstić information content (AvgIpc) is 2.85. The minimum absolute atomic E-state index is 0.0553. The van der Waals surface area contributed by atoms with Crippen LogP contribution < -0.4 is 19.1 Å². The van der Waals surface area contributed by atoms with E-state index in [1.54, 1.807) is 20.3 Å². The van der Waals surface area contributed by atoms with Gasteiger partial charge in [-0.15, -0.1) is 0 Å². The average molecular weight is 382 g/mol. The zero-order valence-corrected chi connectivity index (χ0v) is 16.5. The number of nitro benzene ring substituents is 1. The highest BCUT2D eigenvalue weighted by molar-refractivity contribution is 5.80. The number of ether oxygens (including phenoxy) is 3. The first-order valence-electron chi connectivity index (χ1n) is 8.93. The fourth-order valence-corrected chi connectivity index (χ4v) is 4.43. The molecule has 0 aliphatic carbocycles. The molecule has 0 saturated heterocycles. The second kappa shape index (κ2) is 5.89. The van der Waals surface area contributed by atoms with Crippen LogP contribution >= 0.6 is 0 Å². The molecule has 2 aromatic rings. The van der Waals surface area contributed by atoms with E-state index in [1.807, 2.05) is 56.1 Å². The molecule has 1 atom stereocenters. The van der Waals surface area contributed by atoms with Crippen molar-refractivity contribution in [3.8, 4) is 17.2 Å². The summed E-state index contributed by atoms with van der Waals surface area (Å²) in [5.74, 6) is 1.67. The van der Waals surface area contributed by atoms with Crippen molar-refractivity contribution < 1.29 is 19.1 Å². The van der Waals surface area contributed by atoms with Gasteiger partial charge in [-0.25, -0.2) is 0 Å². The Morgan fingerprint density at radius 2 is 1.79 bits per heavy atom. The van der Waals surface area contributed by atoms with Crippen molar-refractivity contribution in [2.45, 2.75) is 25.0 Å². The van der Waals surface area contributed by atoms with Gasteiger partial charge in [0.05, 0.1) is 30.2 Å². The Hall–Kier alpha value is -3.22. The fourth-order valence-electron chi connectivity index (χ4n) is 4.43. The van der Waals surface area contributed by atoms with Crippen LogP contribution in [0.3, 0.4) is 0 Å². The summed E-state index contributed by atoms with van der Waals surface area (Å²) in [6.07, 6.45) is 3.84. The van der Waals surface area contributed by atoms with Gasteiger partial charge in [-0.1, -0.05) is 12.1 Å². The van der Waals surface area contributed by atoms with Gasteiger partial charge in [0.15, 0.2) is 0 Å². The number of hydrogen-bond donors (Lipinski definition) is 0. The molecule has 0 saturated carbocycles.